The Balaban J connectivity index is 1.66. The fourth-order valence-corrected chi connectivity index (χ4v) is 3.29. The molecule has 11 heteroatoms. The number of benzene rings is 1. The van der Waals surface area contributed by atoms with E-state index in [0.29, 0.717) is 29.3 Å². The van der Waals surface area contributed by atoms with Crippen LogP contribution in [-0.2, 0) is 4.74 Å². The Hall–Kier alpha value is -3.08. The highest BCUT2D eigenvalue weighted by molar-refractivity contribution is 5.83. The lowest BCUT2D eigenvalue weighted by molar-refractivity contribution is -0.131. The molecular formula is C20H22F3N5O3. The summed E-state index contributed by atoms with van der Waals surface area (Å²) in [5, 5.41) is 2.72. The van der Waals surface area contributed by atoms with E-state index in [1.807, 2.05) is 0 Å². The van der Waals surface area contributed by atoms with E-state index in [0.717, 1.165) is 19.3 Å². The van der Waals surface area contributed by atoms with Crippen molar-refractivity contribution in [3.63, 3.8) is 0 Å². The van der Waals surface area contributed by atoms with Gasteiger partial charge in [-0.3, -0.25) is 4.57 Å². The van der Waals surface area contributed by atoms with Gasteiger partial charge in [-0.2, -0.15) is 23.1 Å². The summed E-state index contributed by atoms with van der Waals surface area (Å²) < 4.78 is 56.3. The van der Waals surface area contributed by atoms with Crippen molar-refractivity contribution >= 4 is 17.0 Å². The smallest absolute Gasteiger partial charge is 0.390 e. The summed E-state index contributed by atoms with van der Waals surface area (Å²) in [6.07, 6.45) is -1.18. The van der Waals surface area contributed by atoms with Gasteiger partial charge in [0.15, 0.2) is 17.0 Å². The third-order valence-electron chi connectivity index (χ3n) is 4.84. The number of nitrogens with zero attached hydrogens (tertiary/aromatic N) is 4. The number of aromatic nitrogens is 4. The van der Waals surface area contributed by atoms with Crippen LogP contribution in [0.5, 0.6) is 17.5 Å². The quantitative estimate of drug-likeness (QED) is 0.574. The molecule has 8 nitrogen and oxygen atoms in total. The van der Waals surface area contributed by atoms with E-state index in [1.165, 1.54) is 0 Å². The number of fused-ring (bicyclic) bond motifs is 1. The third kappa shape index (κ3) is 5.16. The third-order valence-corrected chi connectivity index (χ3v) is 4.84. The number of hydrogen-bond acceptors (Lipinski definition) is 7. The minimum Gasteiger partial charge on any atom is -0.497 e. The molecule has 1 fully saturated rings. The maximum absolute atomic E-state index is 12.6. The molecule has 31 heavy (non-hydrogen) atoms. The standard InChI is InChI=1S/C20H22F3N5O3/c1-29-13-5-7-14(8-6-13)31-19-26-17(24-10-9-20(21,22)23)16-18(27-19)28(12-25-16)15-4-2-3-11-30-15/h5-8,12,15H,2-4,9-11H2,1H3,(H,24,26,27). The average molecular weight is 437 g/mol. The van der Waals surface area contributed by atoms with Gasteiger partial charge in [0.1, 0.15) is 17.7 Å². The largest absolute Gasteiger partial charge is 0.497 e. The summed E-state index contributed by atoms with van der Waals surface area (Å²) in [5.41, 5.74) is 0.790. The lowest BCUT2D eigenvalue weighted by Gasteiger charge is -2.23. The monoisotopic (exact) mass is 437 g/mol. The molecule has 1 saturated heterocycles. The van der Waals surface area contributed by atoms with Crippen molar-refractivity contribution in [2.24, 2.45) is 0 Å². The van der Waals surface area contributed by atoms with E-state index in [2.05, 4.69) is 20.3 Å². The Labute approximate surface area is 176 Å². The topological polar surface area (TPSA) is 83.3 Å². The van der Waals surface area contributed by atoms with Gasteiger partial charge >= 0.3 is 12.2 Å². The molecule has 2 aromatic heterocycles. The maximum atomic E-state index is 12.6. The van der Waals surface area contributed by atoms with Crippen LogP contribution >= 0.6 is 0 Å². The number of hydrogen-bond donors (Lipinski definition) is 1. The van der Waals surface area contributed by atoms with Gasteiger partial charge in [-0.05, 0) is 43.5 Å². The number of methoxy groups -OCH3 is 1. The Bertz CT molecular complexity index is 1020. The molecule has 0 aliphatic carbocycles. The second-order valence-corrected chi connectivity index (χ2v) is 7.07. The van der Waals surface area contributed by atoms with Crippen molar-refractivity contribution in [1.82, 2.24) is 19.5 Å². The van der Waals surface area contributed by atoms with Gasteiger partial charge in [-0.1, -0.05) is 0 Å². The van der Waals surface area contributed by atoms with Crippen LogP contribution in [0.15, 0.2) is 30.6 Å². The first kappa shape index (κ1) is 21.2. The van der Waals surface area contributed by atoms with Crippen molar-refractivity contribution in [1.29, 1.82) is 0 Å². The first-order chi connectivity index (χ1) is 14.9. The van der Waals surface area contributed by atoms with Crippen molar-refractivity contribution in [3.05, 3.63) is 30.6 Å². The molecule has 1 aliphatic rings. The van der Waals surface area contributed by atoms with Crippen LogP contribution in [0.3, 0.4) is 0 Å². The first-order valence-electron chi connectivity index (χ1n) is 9.91. The molecule has 0 radical (unpaired) electrons. The van der Waals surface area contributed by atoms with Gasteiger partial charge < -0.3 is 19.5 Å². The maximum Gasteiger partial charge on any atom is 0.390 e. The molecule has 166 valence electrons. The minimum absolute atomic E-state index is 0.00950. The fraction of sp³-hybridized carbons (Fsp3) is 0.450. The number of alkyl halides is 3. The molecule has 0 amide bonds. The number of anilines is 1. The number of halogens is 3. The molecule has 1 atom stereocenters. The molecule has 1 aromatic carbocycles. The van der Waals surface area contributed by atoms with Crippen LogP contribution in [-0.4, -0.2) is 46.0 Å². The predicted molar refractivity (Wildman–Crippen MR) is 106 cm³/mol. The van der Waals surface area contributed by atoms with E-state index in [1.54, 1.807) is 42.3 Å². The summed E-state index contributed by atoms with van der Waals surface area (Å²) in [7, 11) is 1.56. The average Bonchev–Trinajstić information content (AvgIpc) is 3.18. The second-order valence-electron chi connectivity index (χ2n) is 7.07. The van der Waals surface area contributed by atoms with Crippen molar-refractivity contribution in [2.75, 3.05) is 25.6 Å². The van der Waals surface area contributed by atoms with Crippen LogP contribution in [0.4, 0.5) is 19.0 Å². The summed E-state index contributed by atoms with van der Waals surface area (Å²) in [6.45, 7) is 0.283. The number of ether oxygens (including phenoxy) is 3. The lowest BCUT2D eigenvalue weighted by Crippen LogP contribution is -2.18. The Morgan fingerprint density at radius 2 is 1.94 bits per heavy atom. The highest BCUT2D eigenvalue weighted by Gasteiger charge is 2.27. The zero-order valence-corrected chi connectivity index (χ0v) is 16.9. The summed E-state index contributed by atoms with van der Waals surface area (Å²) in [5.74, 6) is 1.29. The minimum atomic E-state index is -4.28. The number of imidazole rings is 1. The molecule has 4 rings (SSSR count). The molecule has 1 aliphatic heterocycles. The van der Waals surface area contributed by atoms with E-state index >= 15 is 0 Å². The molecule has 0 spiro atoms. The zero-order valence-electron chi connectivity index (χ0n) is 16.9. The summed E-state index contributed by atoms with van der Waals surface area (Å²) in [6, 6.07) is 6.80. The van der Waals surface area contributed by atoms with E-state index in [4.69, 9.17) is 14.2 Å². The predicted octanol–water partition coefficient (Wildman–Crippen LogP) is 4.69. The van der Waals surface area contributed by atoms with E-state index < -0.39 is 12.6 Å². The Kier molecular flexibility index (Phi) is 6.12. The molecular weight excluding hydrogens is 415 g/mol. The summed E-state index contributed by atoms with van der Waals surface area (Å²) >= 11 is 0. The van der Waals surface area contributed by atoms with Crippen molar-refractivity contribution < 1.29 is 27.4 Å². The lowest BCUT2D eigenvalue weighted by atomic mass is 10.2. The Morgan fingerprint density at radius 1 is 1.16 bits per heavy atom. The molecule has 0 saturated carbocycles. The van der Waals surface area contributed by atoms with Crippen LogP contribution in [0.25, 0.3) is 11.2 Å². The van der Waals surface area contributed by atoms with Crippen LogP contribution in [0, 0.1) is 0 Å². The molecule has 1 N–H and O–H groups in total. The van der Waals surface area contributed by atoms with Gasteiger partial charge in [-0.15, -0.1) is 0 Å². The van der Waals surface area contributed by atoms with Crippen LogP contribution < -0.4 is 14.8 Å². The van der Waals surface area contributed by atoms with E-state index in [9.17, 15) is 13.2 Å². The highest BCUT2D eigenvalue weighted by Crippen LogP contribution is 2.31. The number of rotatable bonds is 7. The molecule has 0 bridgehead atoms. The molecule has 3 heterocycles. The first-order valence-corrected chi connectivity index (χ1v) is 9.91. The van der Waals surface area contributed by atoms with Crippen molar-refractivity contribution in [3.8, 4) is 17.5 Å². The normalized spacial score (nSPS) is 17.0. The summed E-state index contributed by atoms with van der Waals surface area (Å²) in [4.78, 5) is 13.0. The van der Waals surface area contributed by atoms with Gasteiger partial charge in [0.25, 0.3) is 0 Å². The van der Waals surface area contributed by atoms with Gasteiger partial charge in [-0.25, -0.2) is 4.98 Å². The van der Waals surface area contributed by atoms with Gasteiger partial charge in [0.2, 0.25) is 0 Å². The van der Waals surface area contributed by atoms with Crippen LogP contribution in [0.1, 0.15) is 31.9 Å². The second kappa shape index (κ2) is 8.96. The molecule has 3 aromatic rings. The SMILES string of the molecule is COc1ccc(Oc2nc(NCCC(F)(F)F)c3ncn(C4CCCCO4)c3n2)cc1. The van der Waals surface area contributed by atoms with Gasteiger partial charge in [0, 0.05) is 13.2 Å². The fourth-order valence-electron chi connectivity index (χ4n) is 3.29. The molecule has 1 unspecified atom stereocenters. The number of nitrogens with one attached hydrogen (secondary N) is 1. The van der Waals surface area contributed by atoms with Crippen LogP contribution in [0.2, 0.25) is 0 Å². The Morgan fingerprint density at radius 3 is 2.61 bits per heavy atom. The van der Waals surface area contributed by atoms with Gasteiger partial charge in [0.05, 0.1) is 19.9 Å². The van der Waals surface area contributed by atoms with Crippen molar-refractivity contribution in [2.45, 2.75) is 38.1 Å². The van der Waals surface area contributed by atoms with E-state index in [-0.39, 0.29) is 24.6 Å². The highest BCUT2D eigenvalue weighted by atomic mass is 19.4. The zero-order chi connectivity index (χ0) is 21.8.